The van der Waals surface area contributed by atoms with Crippen molar-refractivity contribution in [2.45, 2.75) is 13.5 Å². The fourth-order valence-electron chi connectivity index (χ4n) is 1.32. The van der Waals surface area contributed by atoms with E-state index in [9.17, 15) is 0 Å². The minimum atomic E-state index is 0.525. The minimum absolute atomic E-state index is 0.525. The second kappa shape index (κ2) is 4.66. The molecule has 0 fully saturated rings. The van der Waals surface area contributed by atoms with Crippen LogP contribution in [0.1, 0.15) is 11.1 Å². The van der Waals surface area contributed by atoms with Gasteiger partial charge in [-0.1, -0.05) is 29.8 Å². The van der Waals surface area contributed by atoms with Crippen LogP contribution in [0.4, 0.5) is 5.69 Å². The number of rotatable bonds is 3. The molecule has 1 aromatic heterocycles. The highest BCUT2D eigenvalue weighted by atomic mass is 16.5. The number of nitrogens with two attached hydrogens (primary N) is 1. The molecule has 0 bridgehead atoms. The highest BCUT2D eigenvalue weighted by molar-refractivity contribution is 5.36. The fraction of sp³-hybridized carbons (Fsp3) is 0.154. The van der Waals surface area contributed by atoms with Gasteiger partial charge in [0.1, 0.15) is 6.61 Å². The number of hydrogen-bond donors (Lipinski definition) is 1. The van der Waals surface area contributed by atoms with Gasteiger partial charge in [0.25, 0.3) is 0 Å². The molecule has 0 amide bonds. The molecule has 0 aliphatic carbocycles. The minimum Gasteiger partial charge on any atom is -0.473 e. The zero-order valence-electron chi connectivity index (χ0n) is 9.18. The highest BCUT2D eigenvalue weighted by Crippen LogP contribution is 2.11. The maximum atomic E-state index is 5.53. The maximum absolute atomic E-state index is 5.53. The highest BCUT2D eigenvalue weighted by Gasteiger charge is 1.96. The summed E-state index contributed by atoms with van der Waals surface area (Å²) in [5, 5.41) is 0. The van der Waals surface area contributed by atoms with Gasteiger partial charge in [-0.3, -0.25) is 0 Å². The SMILES string of the molecule is Cc1ccc(COc2ccc(N)cn2)cc1. The van der Waals surface area contributed by atoms with E-state index in [2.05, 4.69) is 24.0 Å². The van der Waals surface area contributed by atoms with Gasteiger partial charge < -0.3 is 10.5 Å². The number of ether oxygens (including phenoxy) is 1. The predicted molar refractivity (Wildman–Crippen MR) is 64.2 cm³/mol. The largest absolute Gasteiger partial charge is 0.473 e. The number of nitrogen functional groups attached to an aromatic ring is 1. The van der Waals surface area contributed by atoms with Gasteiger partial charge in [-0.25, -0.2) is 4.98 Å². The number of benzene rings is 1. The first-order valence-corrected chi connectivity index (χ1v) is 5.14. The van der Waals surface area contributed by atoms with Crippen molar-refractivity contribution in [2.24, 2.45) is 0 Å². The first-order chi connectivity index (χ1) is 7.74. The molecule has 2 aromatic rings. The van der Waals surface area contributed by atoms with Crippen LogP contribution in [0.3, 0.4) is 0 Å². The van der Waals surface area contributed by atoms with Crippen LogP contribution < -0.4 is 10.5 Å². The van der Waals surface area contributed by atoms with Crippen LogP contribution in [0, 0.1) is 6.92 Å². The molecule has 1 aromatic carbocycles. The lowest BCUT2D eigenvalue weighted by atomic mass is 10.2. The molecule has 0 unspecified atom stereocenters. The van der Waals surface area contributed by atoms with E-state index in [0.717, 1.165) is 5.56 Å². The van der Waals surface area contributed by atoms with Gasteiger partial charge in [-0.15, -0.1) is 0 Å². The van der Waals surface area contributed by atoms with Gasteiger partial charge in [0.2, 0.25) is 5.88 Å². The first-order valence-electron chi connectivity index (χ1n) is 5.14. The van der Waals surface area contributed by atoms with E-state index in [4.69, 9.17) is 10.5 Å². The number of anilines is 1. The van der Waals surface area contributed by atoms with Gasteiger partial charge in [0.15, 0.2) is 0 Å². The Morgan fingerprint density at radius 3 is 2.50 bits per heavy atom. The molecule has 0 spiro atoms. The Morgan fingerprint density at radius 1 is 1.12 bits per heavy atom. The molecule has 2 N–H and O–H groups in total. The zero-order chi connectivity index (χ0) is 11.4. The van der Waals surface area contributed by atoms with E-state index in [0.29, 0.717) is 18.2 Å². The van der Waals surface area contributed by atoms with E-state index in [1.54, 1.807) is 18.3 Å². The van der Waals surface area contributed by atoms with Crippen molar-refractivity contribution < 1.29 is 4.74 Å². The second-order valence-corrected chi connectivity index (χ2v) is 3.70. The molecular formula is C13H14N2O. The monoisotopic (exact) mass is 214 g/mol. The molecule has 16 heavy (non-hydrogen) atoms. The summed E-state index contributed by atoms with van der Waals surface area (Å²) in [5.74, 6) is 0.592. The Balaban J connectivity index is 1.97. The molecule has 3 nitrogen and oxygen atoms in total. The Labute approximate surface area is 94.9 Å². The standard InChI is InChI=1S/C13H14N2O/c1-10-2-4-11(5-3-10)9-16-13-7-6-12(14)8-15-13/h2-8H,9,14H2,1H3. The molecule has 3 heteroatoms. The predicted octanol–water partition coefficient (Wildman–Crippen LogP) is 2.55. The quantitative estimate of drug-likeness (QED) is 0.854. The van der Waals surface area contributed by atoms with Crippen LogP contribution in [-0.2, 0) is 6.61 Å². The summed E-state index contributed by atoms with van der Waals surface area (Å²) in [7, 11) is 0. The summed E-state index contributed by atoms with van der Waals surface area (Å²) >= 11 is 0. The van der Waals surface area contributed by atoms with Crippen molar-refractivity contribution in [2.75, 3.05) is 5.73 Å². The molecular weight excluding hydrogens is 200 g/mol. The number of aryl methyl sites for hydroxylation is 1. The Hall–Kier alpha value is -2.03. The smallest absolute Gasteiger partial charge is 0.213 e. The van der Waals surface area contributed by atoms with E-state index in [1.165, 1.54) is 5.56 Å². The summed E-state index contributed by atoms with van der Waals surface area (Å²) in [5.41, 5.74) is 8.55. The zero-order valence-corrected chi connectivity index (χ0v) is 9.18. The van der Waals surface area contributed by atoms with Crippen molar-refractivity contribution in [3.8, 4) is 5.88 Å². The average Bonchev–Trinajstić information content (AvgIpc) is 2.30. The van der Waals surface area contributed by atoms with Gasteiger partial charge in [-0.2, -0.15) is 0 Å². The lowest BCUT2D eigenvalue weighted by molar-refractivity contribution is 0.294. The number of nitrogens with zero attached hydrogens (tertiary/aromatic N) is 1. The Kier molecular flexibility index (Phi) is 3.05. The summed E-state index contributed by atoms with van der Waals surface area (Å²) in [4.78, 5) is 4.06. The van der Waals surface area contributed by atoms with Crippen molar-refractivity contribution in [1.82, 2.24) is 4.98 Å². The third-order valence-corrected chi connectivity index (χ3v) is 2.27. The van der Waals surface area contributed by atoms with Crippen molar-refractivity contribution in [1.29, 1.82) is 0 Å². The second-order valence-electron chi connectivity index (χ2n) is 3.70. The molecule has 0 saturated heterocycles. The van der Waals surface area contributed by atoms with Crippen molar-refractivity contribution >= 4 is 5.69 Å². The molecule has 0 radical (unpaired) electrons. The molecule has 1 heterocycles. The van der Waals surface area contributed by atoms with Crippen LogP contribution in [0.15, 0.2) is 42.6 Å². The molecule has 0 aliphatic rings. The van der Waals surface area contributed by atoms with E-state index in [1.807, 2.05) is 12.1 Å². The molecule has 0 aliphatic heterocycles. The first kappa shape index (κ1) is 10.5. The lowest BCUT2D eigenvalue weighted by Gasteiger charge is -2.05. The molecule has 0 atom stereocenters. The third kappa shape index (κ3) is 2.73. The molecule has 0 saturated carbocycles. The average molecular weight is 214 g/mol. The summed E-state index contributed by atoms with van der Waals surface area (Å²) in [6.07, 6.45) is 1.59. The normalized spacial score (nSPS) is 10.1. The van der Waals surface area contributed by atoms with E-state index in [-0.39, 0.29) is 0 Å². The Bertz CT molecular complexity index is 403. The van der Waals surface area contributed by atoms with Crippen LogP contribution >= 0.6 is 0 Å². The lowest BCUT2D eigenvalue weighted by Crippen LogP contribution is -1.97. The third-order valence-electron chi connectivity index (χ3n) is 2.27. The van der Waals surface area contributed by atoms with Gasteiger partial charge >= 0.3 is 0 Å². The fourth-order valence-corrected chi connectivity index (χ4v) is 1.32. The summed E-state index contributed by atoms with van der Waals surface area (Å²) in [6.45, 7) is 2.59. The Morgan fingerprint density at radius 2 is 1.88 bits per heavy atom. The molecule has 2 rings (SSSR count). The van der Waals surface area contributed by atoms with Crippen molar-refractivity contribution in [3.63, 3.8) is 0 Å². The van der Waals surface area contributed by atoms with Crippen LogP contribution in [0.2, 0.25) is 0 Å². The summed E-state index contributed by atoms with van der Waals surface area (Å²) in [6, 6.07) is 11.8. The number of hydrogen-bond acceptors (Lipinski definition) is 3. The van der Waals surface area contributed by atoms with Crippen LogP contribution in [0.25, 0.3) is 0 Å². The van der Waals surface area contributed by atoms with Crippen molar-refractivity contribution in [3.05, 3.63) is 53.7 Å². The molecule has 82 valence electrons. The number of aromatic nitrogens is 1. The van der Waals surface area contributed by atoms with Crippen LogP contribution in [0.5, 0.6) is 5.88 Å². The maximum Gasteiger partial charge on any atom is 0.213 e. The van der Waals surface area contributed by atoms with Gasteiger partial charge in [0, 0.05) is 6.07 Å². The van der Waals surface area contributed by atoms with Crippen LogP contribution in [-0.4, -0.2) is 4.98 Å². The van der Waals surface area contributed by atoms with Gasteiger partial charge in [-0.05, 0) is 18.6 Å². The summed E-state index contributed by atoms with van der Waals surface area (Å²) < 4.78 is 5.52. The van der Waals surface area contributed by atoms with E-state index >= 15 is 0 Å². The van der Waals surface area contributed by atoms with E-state index < -0.39 is 0 Å². The number of pyridine rings is 1. The van der Waals surface area contributed by atoms with Gasteiger partial charge in [0.05, 0.1) is 11.9 Å². The topological polar surface area (TPSA) is 48.1 Å².